The molecule has 0 N–H and O–H groups in total. The lowest BCUT2D eigenvalue weighted by Gasteiger charge is -2.36. The van der Waals surface area contributed by atoms with Gasteiger partial charge >= 0.3 is 36.4 Å². The van der Waals surface area contributed by atoms with E-state index in [-0.39, 0.29) is 0 Å². The Bertz CT molecular complexity index is 670. The number of hydrogen-bond acceptors (Lipinski definition) is 3. The van der Waals surface area contributed by atoms with Gasteiger partial charge in [0.1, 0.15) is 0 Å². The van der Waals surface area contributed by atoms with E-state index in [1.807, 2.05) is 0 Å². The van der Waals surface area contributed by atoms with Gasteiger partial charge in [0.05, 0.1) is 11.9 Å². The first kappa shape index (κ1) is 32.3. The van der Waals surface area contributed by atoms with E-state index >= 15 is 0 Å². The summed E-state index contributed by atoms with van der Waals surface area (Å²) in [5.41, 5.74) is 0. The summed E-state index contributed by atoms with van der Waals surface area (Å²) in [5, 5.41) is 0. The molecule has 34 heavy (non-hydrogen) atoms. The fourth-order valence-corrected chi connectivity index (χ4v) is 1.78. The second kappa shape index (κ2) is 10.5. The third kappa shape index (κ3) is 7.94. The predicted octanol–water partition coefficient (Wildman–Crippen LogP) is 7.28. The van der Waals surface area contributed by atoms with E-state index in [4.69, 9.17) is 0 Å². The van der Waals surface area contributed by atoms with Crippen molar-refractivity contribution in [1.29, 1.82) is 0 Å². The second-order valence-electron chi connectivity index (χ2n) is 6.48. The summed E-state index contributed by atoms with van der Waals surface area (Å²) < 4.78 is 214. The van der Waals surface area contributed by atoms with E-state index in [1.54, 1.807) is 0 Å². The maximum atomic E-state index is 13.8. The molecule has 0 bridgehead atoms. The molecular formula is C15H14F16O3. The maximum Gasteiger partial charge on any atom is 0.460 e. The lowest BCUT2D eigenvalue weighted by atomic mass is 10.1. The first-order valence-corrected chi connectivity index (χ1v) is 8.42. The summed E-state index contributed by atoms with van der Waals surface area (Å²) in [4.78, 5) is 0. The monoisotopic (exact) mass is 546 g/mol. The van der Waals surface area contributed by atoms with Crippen LogP contribution in [-0.2, 0) is 14.2 Å². The van der Waals surface area contributed by atoms with Crippen molar-refractivity contribution in [1.82, 2.24) is 0 Å². The minimum Gasteiger partial charge on any atom is -0.461 e. The van der Waals surface area contributed by atoms with Gasteiger partial charge in [-0.1, -0.05) is 6.58 Å². The van der Waals surface area contributed by atoms with Crippen LogP contribution < -0.4 is 0 Å². The van der Waals surface area contributed by atoms with Crippen molar-refractivity contribution in [3.8, 4) is 0 Å². The van der Waals surface area contributed by atoms with Crippen LogP contribution >= 0.6 is 0 Å². The van der Waals surface area contributed by atoms with E-state index in [1.165, 1.54) is 0 Å². The average molecular weight is 546 g/mol. The van der Waals surface area contributed by atoms with Crippen LogP contribution in [0.25, 0.3) is 0 Å². The van der Waals surface area contributed by atoms with Gasteiger partial charge in [-0.3, -0.25) is 9.47 Å². The number of alkyl halides is 16. The zero-order valence-electron chi connectivity index (χ0n) is 16.3. The summed E-state index contributed by atoms with van der Waals surface area (Å²) in [7, 11) is 0. The summed E-state index contributed by atoms with van der Waals surface area (Å²) in [6.45, 7) is 3.69. The highest BCUT2D eigenvalue weighted by molar-refractivity contribution is 4.97. The Kier molecular flexibility index (Phi) is 10.0. The molecule has 0 rings (SSSR count). The molecule has 0 aromatic carbocycles. The topological polar surface area (TPSA) is 27.7 Å². The van der Waals surface area contributed by atoms with Crippen molar-refractivity contribution < 1.29 is 84.5 Å². The zero-order valence-corrected chi connectivity index (χ0v) is 16.3. The number of rotatable bonds is 13. The van der Waals surface area contributed by atoms with Crippen LogP contribution in [0.1, 0.15) is 26.2 Å². The van der Waals surface area contributed by atoms with Crippen molar-refractivity contribution in [3.63, 3.8) is 0 Å². The minimum absolute atomic E-state index is 0.395. The summed E-state index contributed by atoms with van der Waals surface area (Å²) in [6, 6.07) is 0. The van der Waals surface area contributed by atoms with E-state index in [0.717, 1.165) is 6.92 Å². The van der Waals surface area contributed by atoms with E-state index in [9.17, 15) is 70.2 Å². The van der Waals surface area contributed by atoms with Crippen molar-refractivity contribution >= 4 is 0 Å². The minimum atomic E-state index is -7.65. The van der Waals surface area contributed by atoms with Gasteiger partial charge in [0, 0.05) is 6.42 Å². The maximum absolute atomic E-state index is 13.8. The summed E-state index contributed by atoms with van der Waals surface area (Å²) in [6.07, 6.45) is -40.0. The van der Waals surface area contributed by atoms with Crippen molar-refractivity contribution in [2.45, 2.75) is 81.4 Å². The molecule has 0 aromatic rings. The Morgan fingerprint density at radius 1 is 0.765 bits per heavy atom. The molecule has 204 valence electrons. The van der Waals surface area contributed by atoms with E-state index < -0.39 is 80.3 Å². The third-order valence-electron chi connectivity index (χ3n) is 3.49. The first-order chi connectivity index (χ1) is 14.8. The lowest BCUT2D eigenvalue weighted by Crippen LogP contribution is -2.63. The molecule has 0 spiro atoms. The van der Waals surface area contributed by atoms with Crippen LogP contribution in [0.2, 0.25) is 0 Å². The Labute approximate surface area is 179 Å². The molecule has 3 atom stereocenters. The van der Waals surface area contributed by atoms with Gasteiger partial charge in [-0.2, -0.15) is 61.5 Å². The van der Waals surface area contributed by atoms with Gasteiger partial charge in [-0.05, 0) is 19.8 Å². The fraction of sp³-hybridized carbons (Fsp3) is 0.867. The van der Waals surface area contributed by atoms with Gasteiger partial charge in [0.15, 0.2) is 0 Å². The molecule has 0 saturated carbocycles. The van der Waals surface area contributed by atoms with Gasteiger partial charge < -0.3 is 4.74 Å². The van der Waals surface area contributed by atoms with Crippen LogP contribution in [0.3, 0.4) is 0 Å². The summed E-state index contributed by atoms with van der Waals surface area (Å²) >= 11 is 0. The normalized spacial score (nSPS) is 17.3. The Balaban J connectivity index is 6.09. The Morgan fingerprint density at radius 2 is 1.24 bits per heavy atom. The van der Waals surface area contributed by atoms with Crippen molar-refractivity contribution in [2.75, 3.05) is 0 Å². The molecule has 0 saturated heterocycles. The van der Waals surface area contributed by atoms with Gasteiger partial charge in [0.2, 0.25) is 0 Å². The highest BCUT2D eigenvalue weighted by Crippen LogP contribution is 2.54. The molecule has 0 fully saturated rings. The number of hydrogen-bond donors (Lipinski definition) is 0. The van der Waals surface area contributed by atoms with Gasteiger partial charge in [0.25, 0.3) is 12.6 Å². The fourth-order valence-electron chi connectivity index (χ4n) is 1.78. The van der Waals surface area contributed by atoms with Crippen molar-refractivity contribution in [2.24, 2.45) is 0 Å². The molecule has 2 unspecified atom stereocenters. The number of allylic oxidation sites excluding steroid dienone is 1. The smallest absolute Gasteiger partial charge is 0.460 e. The van der Waals surface area contributed by atoms with E-state index in [2.05, 4.69) is 20.8 Å². The Morgan fingerprint density at radius 3 is 1.62 bits per heavy atom. The largest absolute Gasteiger partial charge is 0.461 e. The molecule has 0 heterocycles. The molecule has 3 nitrogen and oxygen atoms in total. The van der Waals surface area contributed by atoms with Crippen LogP contribution in [0.4, 0.5) is 70.2 Å². The van der Waals surface area contributed by atoms with Gasteiger partial charge in [-0.25, -0.2) is 8.78 Å². The van der Waals surface area contributed by atoms with Crippen LogP contribution in [0.5, 0.6) is 0 Å². The second-order valence-corrected chi connectivity index (χ2v) is 6.48. The standard InChI is InChI=1S/C15H14F16O3/c1-6(16)4-3-5-7(2)32-9(11(21,22)33-8(17)10(18,19)20)34-15(30,31)13(25,26)12(23,24)14(27,28)29/h6,8-9H,2-5H2,1H3/t6-,8?,9?/m1/s1. The molecular weight excluding hydrogens is 532 g/mol. The molecule has 0 aromatic heterocycles. The Hall–Kier alpha value is -1.66. The highest BCUT2D eigenvalue weighted by atomic mass is 19.4. The molecule has 19 heteroatoms. The first-order valence-electron chi connectivity index (χ1n) is 8.42. The molecule has 0 aliphatic carbocycles. The molecule has 0 radical (unpaired) electrons. The third-order valence-corrected chi connectivity index (χ3v) is 3.49. The van der Waals surface area contributed by atoms with E-state index in [0.29, 0.717) is 0 Å². The predicted molar refractivity (Wildman–Crippen MR) is 77.4 cm³/mol. The number of halogens is 16. The highest BCUT2D eigenvalue weighted by Gasteiger charge is 2.83. The quantitative estimate of drug-likeness (QED) is 0.138. The number of ether oxygens (including phenoxy) is 3. The SMILES string of the molecule is C=C(CCC[C@@H](C)F)OC(OC(F)(F)C(F)(F)C(F)(F)C(F)(F)F)C(F)(F)OC(F)C(F)(F)F. The zero-order chi connectivity index (χ0) is 27.6. The lowest BCUT2D eigenvalue weighted by molar-refractivity contribution is -0.492. The van der Waals surface area contributed by atoms with Crippen LogP contribution in [0.15, 0.2) is 12.3 Å². The molecule has 0 amide bonds. The molecule has 0 aliphatic heterocycles. The van der Waals surface area contributed by atoms with Crippen LogP contribution in [0, 0.1) is 0 Å². The average Bonchev–Trinajstić information content (AvgIpc) is 2.58. The van der Waals surface area contributed by atoms with Crippen LogP contribution in [-0.4, -0.2) is 55.2 Å². The summed E-state index contributed by atoms with van der Waals surface area (Å²) in [5.74, 6) is -16.6. The van der Waals surface area contributed by atoms with Gasteiger partial charge in [-0.15, -0.1) is 0 Å². The van der Waals surface area contributed by atoms with Crippen molar-refractivity contribution in [3.05, 3.63) is 12.3 Å². The molecule has 0 aliphatic rings.